The van der Waals surface area contributed by atoms with Gasteiger partial charge in [-0.3, -0.25) is 4.79 Å². The molecule has 0 unspecified atom stereocenters. The monoisotopic (exact) mass is 359 g/mol. The number of benzene rings is 2. The van der Waals surface area contributed by atoms with E-state index < -0.39 is 5.97 Å². The lowest BCUT2D eigenvalue weighted by molar-refractivity contribution is -0.115. The van der Waals surface area contributed by atoms with Gasteiger partial charge in [0.1, 0.15) is 5.75 Å². The van der Waals surface area contributed by atoms with Crippen LogP contribution >= 0.6 is 11.8 Å². The number of hydrogen-bond acceptors (Lipinski definition) is 5. The first-order valence-electron chi connectivity index (χ1n) is 7.92. The highest BCUT2D eigenvalue weighted by molar-refractivity contribution is 8.00. The number of hydrogen-bond donors (Lipinski definition) is 1. The summed E-state index contributed by atoms with van der Waals surface area (Å²) in [6.07, 6.45) is 0. The number of carbonyl (C=O) groups is 2. The molecule has 1 amide bonds. The van der Waals surface area contributed by atoms with Crippen LogP contribution in [0.2, 0.25) is 0 Å². The predicted molar refractivity (Wildman–Crippen MR) is 99.3 cm³/mol. The van der Waals surface area contributed by atoms with Crippen LogP contribution in [0.25, 0.3) is 0 Å². The van der Waals surface area contributed by atoms with E-state index in [2.05, 4.69) is 5.32 Å². The largest absolute Gasteiger partial charge is 0.497 e. The van der Waals surface area contributed by atoms with Crippen molar-refractivity contribution in [1.29, 1.82) is 0 Å². The van der Waals surface area contributed by atoms with Crippen molar-refractivity contribution in [2.24, 2.45) is 0 Å². The van der Waals surface area contributed by atoms with Crippen LogP contribution in [0.1, 0.15) is 24.2 Å². The number of thioether (sulfide) groups is 1. The molecule has 0 aliphatic carbocycles. The molecule has 0 aromatic heterocycles. The van der Waals surface area contributed by atoms with Crippen molar-refractivity contribution < 1.29 is 19.1 Å². The summed E-state index contributed by atoms with van der Waals surface area (Å²) < 4.78 is 10.1. The number of rotatable bonds is 7. The van der Waals surface area contributed by atoms with E-state index in [4.69, 9.17) is 9.47 Å². The molecule has 25 heavy (non-hydrogen) atoms. The molecule has 0 fully saturated rings. The van der Waals surface area contributed by atoms with Gasteiger partial charge in [0.25, 0.3) is 0 Å². The Labute approximate surface area is 151 Å². The molecule has 2 aromatic rings. The Morgan fingerprint density at radius 3 is 2.52 bits per heavy atom. The van der Waals surface area contributed by atoms with E-state index in [0.29, 0.717) is 17.9 Å². The van der Waals surface area contributed by atoms with Crippen molar-refractivity contribution in [2.45, 2.75) is 24.0 Å². The molecule has 0 heterocycles. The smallest absolute Gasteiger partial charge is 0.338 e. The summed E-state index contributed by atoms with van der Waals surface area (Å²) in [5.74, 6) is 0.235. The minimum atomic E-state index is -0.403. The van der Waals surface area contributed by atoms with Crippen LogP contribution in [-0.4, -0.2) is 30.8 Å². The number of carbonyl (C=O) groups excluding carboxylic acids is 2. The zero-order chi connectivity index (χ0) is 18.2. The summed E-state index contributed by atoms with van der Waals surface area (Å²) in [5, 5.41) is 2.54. The summed E-state index contributed by atoms with van der Waals surface area (Å²) in [6, 6.07) is 14.3. The lowest BCUT2D eigenvalue weighted by Gasteiger charge is -2.13. The van der Waals surface area contributed by atoms with Crippen LogP contribution in [0.15, 0.2) is 53.4 Å². The van der Waals surface area contributed by atoms with Gasteiger partial charge in [0.05, 0.1) is 24.5 Å². The molecule has 2 aromatic carbocycles. The average Bonchev–Trinajstić information content (AvgIpc) is 2.62. The third-order valence-corrected chi connectivity index (χ3v) is 4.49. The maximum Gasteiger partial charge on any atom is 0.338 e. The molecule has 2 rings (SSSR count). The fraction of sp³-hybridized carbons (Fsp3) is 0.263. The van der Waals surface area contributed by atoms with Gasteiger partial charge in [0.2, 0.25) is 5.91 Å². The van der Waals surface area contributed by atoms with Crippen LogP contribution in [0.4, 0.5) is 5.69 Å². The standard InChI is InChI=1S/C19H21NO4S/c1-4-24-19(22)14-6-5-7-15(12-14)20-18(21)13(2)25-17-10-8-16(23-3)9-11-17/h5-13H,4H2,1-3H3,(H,20,21)/t13-/m1/s1. The van der Waals surface area contributed by atoms with E-state index in [9.17, 15) is 9.59 Å². The third-order valence-electron chi connectivity index (χ3n) is 3.38. The van der Waals surface area contributed by atoms with E-state index in [-0.39, 0.29) is 11.2 Å². The van der Waals surface area contributed by atoms with Crippen LogP contribution in [-0.2, 0) is 9.53 Å². The molecule has 0 aliphatic rings. The maximum atomic E-state index is 12.4. The van der Waals surface area contributed by atoms with Crippen LogP contribution < -0.4 is 10.1 Å². The lowest BCUT2D eigenvalue weighted by atomic mass is 10.2. The number of methoxy groups -OCH3 is 1. The van der Waals surface area contributed by atoms with E-state index in [1.807, 2.05) is 31.2 Å². The zero-order valence-corrected chi connectivity index (χ0v) is 15.3. The lowest BCUT2D eigenvalue weighted by Crippen LogP contribution is -2.22. The van der Waals surface area contributed by atoms with Gasteiger partial charge in [-0.2, -0.15) is 0 Å². The Balaban J connectivity index is 1.98. The second-order valence-electron chi connectivity index (χ2n) is 5.23. The van der Waals surface area contributed by atoms with Gasteiger partial charge in [-0.25, -0.2) is 4.79 Å². The SMILES string of the molecule is CCOC(=O)c1cccc(NC(=O)[C@@H](C)Sc2ccc(OC)cc2)c1. The normalized spacial score (nSPS) is 11.5. The number of ether oxygens (including phenoxy) is 2. The maximum absolute atomic E-state index is 12.4. The molecule has 6 heteroatoms. The summed E-state index contributed by atoms with van der Waals surface area (Å²) in [5.41, 5.74) is 0.979. The average molecular weight is 359 g/mol. The molecule has 1 N–H and O–H groups in total. The van der Waals surface area contributed by atoms with Gasteiger partial charge in [-0.05, 0) is 56.3 Å². The van der Waals surface area contributed by atoms with Crippen LogP contribution in [0, 0.1) is 0 Å². The molecule has 0 radical (unpaired) electrons. The van der Waals surface area contributed by atoms with Gasteiger partial charge in [-0.1, -0.05) is 6.07 Å². The van der Waals surface area contributed by atoms with E-state index in [1.165, 1.54) is 11.8 Å². The second-order valence-corrected chi connectivity index (χ2v) is 6.64. The van der Waals surface area contributed by atoms with Gasteiger partial charge in [0, 0.05) is 10.6 Å². The summed E-state index contributed by atoms with van der Waals surface area (Å²) >= 11 is 1.45. The Morgan fingerprint density at radius 1 is 1.16 bits per heavy atom. The van der Waals surface area contributed by atoms with Crippen molar-refractivity contribution >= 4 is 29.3 Å². The minimum Gasteiger partial charge on any atom is -0.497 e. The quantitative estimate of drug-likeness (QED) is 0.598. The Kier molecular flexibility index (Phi) is 6.89. The van der Waals surface area contributed by atoms with Gasteiger partial charge >= 0.3 is 5.97 Å². The molecule has 0 spiro atoms. The first-order chi connectivity index (χ1) is 12.0. The summed E-state index contributed by atoms with van der Waals surface area (Å²) in [7, 11) is 1.61. The highest BCUT2D eigenvalue weighted by Crippen LogP contribution is 2.26. The highest BCUT2D eigenvalue weighted by atomic mass is 32.2. The molecule has 132 valence electrons. The molecule has 0 saturated heterocycles. The molecular weight excluding hydrogens is 338 g/mol. The van der Waals surface area contributed by atoms with E-state index in [0.717, 1.165) is 10.6 Å². The van der Waals surface area contributed by atoms with Crippen LogP contribution in [0.5, 0.6) is 5.75 Å². The van der Waals surface area contributed by atoms with Gasteiger partial charge in [-0.15, -0.1) is 11.8 Å². The number of nitrogens with one attached hydrogen (secondary N) is 1. The van der Waals surface area contributed by atoms with Gasteiger partial charge in [0.15, 0.2) is 0 Å². The van der Waals surface area contributed by atoms with Crippen molar-refractivity contribution in [3.05, 3.63) is 54.1 Å². The molecule has 0 bridgehead atoms. The molecule has 0 saturated carbocycles. The molecule has 0 aliphatic heterocycles. The van der Waals surface area contributed by atoms with Crippen molar-refractivity contribution in [3.63, 3.8) is 0 Å². The first kappa shape index (κ1) is 18.9. The number of esters is 1. The van der Waals surface area contributed by atoms with Gasteiger partial charge < -0.3 is 14.8 Å². The number of amides is 1. The van der Waals surface area contributed by atoms with E-state index >= 15 is 0 Å². The predicted octanol–water partition coefficient (Wildman–Crippen LogP) is 3.99. The van der Waals surface area contributed by atoms with Crippen LogP contribution in [0.3, 0.4) is 0 Å². The van der Waals surface area contributed by atoms with Crippen molar-refractivity contribution in [1.82, 2.24) is 0 Å². The fourth-order valence-corrected chi connectivity index (χ4v) is 2.96. The minimum absolute atomic E-state index is 0.137. The first-order valence-corrected chi connectivity index (χ1v) is 8.80. The molecular formula is C19H21NO4S. The Morgan fingerprint density at radius 2 is 1.88 bits per heavy atom. The van der Waals surface area contributed by atoms with E-state index in [1.54, 1.807) is 38.3 Å². The summed E-state index contributed by atoms with van der Waals surface area (Å²) in [4.78, 5) is 25.1. The topological polar surface area (TPSA) is 64.6 Å². The fourth-order valence-electron chi connectivity index (χ4n) is 2.09. The zero-order valence-electron chi connectivity index (χ0n) is 14.4. The molecule has 5 nitrogen and oxygen atoms in total. The second kappa shape index (κ2) is 9.13. The number of anilines is 1. The van der Waals surface area contributed by atoms with Crippen molar-refractivity contribution in [3.8, 4) is 5.75 Å². The Hall–Kier alpha value is -2.47. The Bertz CT molecular complexity index is 730. The highest BCUT2D eigenvalue weighted by Gasteiger charge is 2.15. The summed E-state index contributed by atoms with van der Waals surface area (Å²) in [6.45, 7) is 3.89. The third kappa shape index (κ3) is 5.53. The molecule has 1 atom stereocenters. The van der Waals surface area contributed by atoms with Crippen molar-refractivity contribution in [2.75, 3.05) is 19.0 Å².